The van der Waals surface area contributed by atoms with Gasteiger partial charge in [0.15, 0.2) is 0 Å². The van der Waals surface area contributed by atoms with Gasteiger partial charge in [-0.05, 0) is 12.1 Å². The lowest BCUT2D eigenvalue weighted by molar-refractivity contribution is 0.148. The van der Waals surface area contributed by atoms with Crippen molar-refractivity contribution in [3.8, 4) is 5.69 Å². The second-order valence-electron chi connectivity index (χ2n) is 6.07. The van der Waals surface area contributed by atoms with E-state index in [1.165, 1.54) is 12.4 Å². The Balaban J connectivity index is 1.63. The van der Waals surface area contributed by atoms with E-state index < -0.39 is 18.4 Å². The molecule has 140 valence electrons. The molecule has 0 aromatic carbocycles. The number of pyridine rings is 1. The molecule has 0 saturated carbocycles. The number of aromatic amines is 1. The average Bonchev–Trinajstić information content (AvgIpc) is 3.07. The molecule has 0 fully saturated rings. The Hall–Kier alpha value is -2.88. The molecular weight excluding hydrogens is 380 g/mol. The lowest BCUT2D eigenvalue weighted by atomic mass is 10.1. The minimum absolute atomic E-state index is 0.0756. The van der Waals surface area contributed by atoms with Crippen molar-refractivity contribution >= 4 is 17.3 Å². The van der Waals surface area contributed by atoms with E-state index in [0.717, 1.165) is 11.4 Å². The molecule has 0 amide bonds. The van der Waals surface area contributed by atoms with Gasteiger partial charge in [0.1, 0.15) is 10.7 Å². The summed E-state index contributed by atoms with van der Waals surface area (Å²) in [7, 11) is 0. The minimum atomic E-state index is -2.46. The Morgan fingerprint density at radius 2 is 2.22 bits per heavy atom. The summed E-state index contributed by atoms with van der Waals surface area (Å²) in [5.41, 5.74) is 2.62. The number of nitrogens with one attached hydrogen (secondary N) is 1. The van der Waals surface area contributed by atoms with Gasteiger partial charge in [0, 0.05) is 24.9 Å². The Kier molecular flexibility index (Phi) is 4.56. The van der Waals surface area contributed by atoms with Crippen LogP contribution in [0.4, 0.5) is 14.5 Å². The largest absolute Gasteiger partial charge is 0.362 e. The maximum absolute atomic E-state index is 12.6. The van der Waals surface area contributed by atoms with Gasteiger partial charge < -0.3 is 4.90 Å². The van der Waals surface area contributed by atoms with Crippen LogP contribution in [0, 0.1) is 0 Å². The van der Waals surface area contributed by atoms with Crippen molar-refractivity contribution in [2.75, 3.05) is 11.4 Å². The van der Waals surface area contributed by atoms with Crippen LogP contribution < -0.4 is 10.5 Å². The van der Waals surface area contributed by atoms with Gasteiger partial charge in [-0.2, -0.15) is 5.10 Å². The first-order valence-electron chi connectivity index (χ1n) is 8.18. The number of alkyl halides is 2. The highest BCUT2D eigenvalue weighted by Crippen LogP contribution is 2.27. The van der Waals surface area contributed by atoms with Gasteiger partial charge in [-0.3, -0.25) is 9.78 Å². The summed E-state index contributed by atoms with van der Waals surface area (Å²) in [5.74, 6) is 0. The second kappa shape index (κ2) is 7.03. The molecule has 0 bridgehead atoms. The summed E-state index contributed by atoms with van der Waals surface area (Å²) in [6, 6.07) is 3.29. The Bertz CT molecular complexity index is 1040. The van der Waals surface area contributed by atoms with Crippen LogP contribution in [0.3, 0.4) is 0 Å². The summed E-state index contributed by atoms with van der Waals surface area (Å²) in [4.78, 5) is 17.5. The molecule has 0 unspecified atom stereocenters. The highest BCUT2D eigenvalue weighted by Gasteiger charge is 2.25. The lowest BCUT2D eigenvalue weighted by Crippen LogP contribution is -2.32. The predicted molar refractivity (Wildman–Crippen MR) is 93.5 cm³/mol. The Labute approximate surface area is 156 Å². The van der Waals surface area contributed by atoms with Crippen LogP contribution in [-0.4, -0.2) is 43.1 Å². The third-order valence-corrected chi connectivity index (χ3v) is 4.69. The first-order valence-corrected chi connectivity index (χ1v) is 8.55. The number of anilines is 1. The summed E-state index contributed by atoms with van der Waals surface area (Å²) >= 11 is 6.08. The van der Waals surface area contributed by atoms with Gasteiger partial charge in [0.05, 0.1) is 36.2 Å². The number of halogens is 3. The smallest absolute Gasteiger partial charge is 0.285 e. The first kappa shape index (κ1) is 17.5. The van der Waals surface area contributed by atoms with Crippen molar-refractivity contribution in [3.05, 3.63) is 57.0 Å². The van der Waals surface area contributed by atoms with Crippen LogP contribution in [0.1, 0.15) is 17.1 Å². The summed E-state index contributed by atoms with van der Waals surface area (Å²) in [5, 5.41) is 14.5. The Morgan fingerprint density at radius 1 is 1.37 bits per heavy atom. The topological polar surface area (TPSA) is 92.6 Å². The summed E-state index contributed by atoms with van der Waals surface area (Å²) in [6.45, 7) is 0.995. The average molecular weight is 394 g/mol. The maximum Gasteiger partial charge on any atom is 0.285 e. The molecule has 4 heterocycles. The highest BCUT2D eigenvalue weighted by molar-refractivity contribution is 6.32. The third-order valence-electron chi connectivity index (χ3n) is 4.33. The van der Waals surface area contributed by atoms with E-state index in [9.17, 15) is 13.6 Å². The molecule has 3 aromatic rings. The van der Waals surface area contributed by atoms with Crippen LogP contribution >= 0.6 is 11.6 Å². The van der Waals surface area contributed by atoms with Gasteiger partial charge in [0.25, 0.3) is 5.56 Å². The standard InChI is InChI=1S/C16H14ClF2N7O/c17-15-13(7-21-23-16(15)27)25-4-2-12-11(8-25)22-24-26(12)10-1-3-20-9(5-10)6-14(18)19/h1,3,5,7,14H,2,4,6,8H2,(H,23,27). The monoisotopic (exact) mass is 393 g/mol. The molecule has 0 atom stereocenters. The predicted octanol–water partition coefficient (Wildman–Crippen LogP) is 1.77. The molecule has 0 aliphatic carbocycles. The van der Waals surface area contributed by atoms with E-state index in [0.29, 0.717) is 36.6 Å². The van der Waals surface area contributed by atoms with Crippen LogP contribution in [-0.2, 0) is 19.4 Å². The van der Waals surface area contributed by atoms with Crippen molar-refractivity contribution in [2.45, 2.75) is 25.8 Å². The number of hydrogen-bond donors (Lipinski definition) is 1. The minimum Gasteiger partial charge on any atom is -0.362 e. The van der Waals surface area contributed by atoms with Crippen molar-refractivity contribution in [2.24, 2.45) is 0 Å². The van der Waals surface area contributed by atoms with Gasteiger partial charge in [0.2, 0.25) is 6.43 Å². The number of aromatic nitrogens is 6. The van der Waals surface area contributed by atoms with Gasteiger partial charge in [-0.15, -0.1) is 5.10 Å². The van der Waals surface area contributed by atoms with E-state index in [1.54, 1.807) is 16.8 Å². The highest BCUT2D eigenvalue weighted by atomic mass is 35.5. The molecule has 1 N–H and O–H groups in total. The Morgan fingerprint density at radius 3 is 3.04 bits per heavy atom. The van der Waals surface area contributed by atoms with Crippen molar-refractivity contribution < 1.29 is 8.78 Å². The van der Waals surface area contributed by atoms with Crippen molar-refractivity contribution in [1.82, 2.24) is 30.2 Å². The van der Waals surface area contributed by atoms with E-state index >= 15 is 0 Å². The molecule has 1 aliphatic rings. The van der Waals surface area contributed by atoms with E-state index in [2.05, 4.69) is 25.5 Å². The van der Waals surface area contributed by atoms with Gasteiger partial charge >= 0.3 is 0 Å². The number of hydrogen-bond acceptors (Lipinski definition) is 6. The number of nitrogens with zero attached hydrogens (tertiary/aromatic N) is 6. The molecule has 8 nitrogen and oxygen atoms in total. The SMILES string of the molecule is O=c1[nH]ncc(N2CCc3c(nnn3-c3ccnc(CC(F)F)c3)C2)c1Cl. The number of H-pyrrole nitrogens is 1. The molecule has 4 rings (SSSR count). The fraction of sp³-hybridized carbons (Fsp3) is 0.312. The lowest BCUT2D eigenvalue weighted by Gasteiger charge is -2.28. The molecular formula is C16H14ClF2N7O. The van der Waals surface area contributed by atoms with Gasteiger partial charge in [-0.1, -0.05) is 16.8 Å². The molecule has 0 spiro atoms. The quantitative estimate of drug-likeness (QED) is 0.726. The van der Waals surface area contributed by atoms with Crippen LogP contribution in [0.2, 0.25) is 5.02 Å². The number of fused-ring (bicyclic) bond motifs is 1. The zero-order valence-electron chi connectivity index (χ0n) is 13.9. The first-order chi connectivity index (χ1) is 13.0. The fourth-order valence-corrected chi connectivity index (χ4v) is 3.29. The molecule has 0 saturated heterocycles. The van der Waals surface area contributed by atoms with Crippen molar-refractivity contribution in [1.29, 1.82) is 0 Å². The van der Waals surface area contributed by atoms with Crippen LogP contribution in [0.15, 0.2) is 29.3 Å². The molecule has 3 aromatic heterocycles. The van der Waals surface area contributed by atoms with E-state index in [-0.39, 0.29) is 5.02 Å². The van der Waals surface area contributed by atoms with Gasteiger partial charge in [-0.25, -0.2) is 18.6 Å². The molecule has 0 radical (unpaired) electrons. The normalized spacial score (nSPS) is 13.9. The molecule has 11 heteroatoms. The maximum atomic E-state index is 12.6. The molecule has 1 aliphatic heterocycles. The van der Waals surface area contributed by atoms with Crippen LogP contribution in [0.5, 0.6) is 0 Å². The van der Waals surface area contributed by atoms with E-state index in [4.69, 9.17) is 11.6 Å². The second-order valence-corrected chi connectivity index (χ2v) is 6.44. The molecule has 27 heavy (non-hydrogen) atoms. The zero-order chi connectivity index (χ0) is 19.0. The number of rotatable bonds is 4. The van der Waals surface area contributed by atoms with Crippen LogP contribution in [0.25, 0.3) is 5.69 Å². The summed E-state index contributed by atoms with van der Waals surface area (Å²) in [6.07, 6.45) is 0.708. The van der Waals surface area contributed by atoms with Crippen molar-refractivity contribution in [3.63, 3.8) is 0 Å². The summed E-state index contributed by atoms with van der Waals surface area (Å²) < 4.78 is 26.9. The third kappa shape index (κ3) is 3.39. The zero-order valence-corrected chi connectivity index (χ0v) is 14.7. The van der Waals surface area contributed by atoms with E-state index in [1.807, 2.05) is 4.90 Å². The fourth-order valence-electron chi connectivity index (χ4n) is 3.08.